The lowest BCUT2D eigenvalue weighted by Gasteiger charge is -2.07. The summed E-state index contributed by atoms with van der Waals surface area (Å²) in [6.07, 6.45) is 5.07. The molecule has 0 saturated carbocycles. The van der Waals surface area contributed by atoms with E-state index in [1.807, 2.05) is 18.2 Å². The Hall–Kier alpha value is -1.45. The summed E-state index contributed by atoms with van der Waals surface area (Å²) >= 11 is 6.23. The Balaban J connectivity index is 2.25. The number of hydrogen-bond acceptors (Lipinski definition) is 3. The van der Waals surface area contributed by atoms with Gasteiger partial charge in [0.15, 0.2) is 0 Å². The van der Waals surface area contributed by atoms with E-state index in [4.69, 9.17) is 11.6 Å². The summed E-state index contributed by atoms with van der Waals surface area (Å²) in [4.78, 5) is 8.29. The van der Waals surface area contributed by atoms with Crippen LogP contribution in [-0.4, -0.2) is 16.5 Å². The van der Waals surface area contributed by atoms with Gasteiger partial charge in [-0.25, -0.2) is 0 Å². The molecule has 0 atom stereocenters. The van der Waals surface area contributed by atoms with Gasteiger partial charge in [0.05, 0.1) is 11.9 Å². The van der Waals surface area contributed by atoms with Gasteiger partial charge < -0.3 is 5.32 Å². The molecule has 0 aliphatic carbocycles. The molecule has 17 heavy (non-hydrogen) atoms. The zero-order valence-corrected chi connectivity index (χ0v) is 10.4. The van der Waals surface area contributed by atoms with Crippen LogP contribution in [0.4, 0.5) is 0 Å². The molecular weight excluding hydrogens is 234 g/mol. The van der Waals surface area contributed by atoms with Gasteiger partial charge in [-0.2, -0.15) is 0 Å². The molecule has 0 aliphatic rings. The SMILES string of the molecule is CCNCc1ccc(-c2cnccn2)cc1Cl. The molecule has 0 unspecified atom stereocenters. The molecular formula is C13H14ClN3. The van der Waals surface area contributed by atoms with E-state index in [-0.39, 0.29) is 0 Å². The fourth-order valence-corrected chi connectivity index (χ4v) is 1.81. The first-order valence-electron chi connectivity index (χ1n) is 5.56. The van der Waals surface area contributed by atoms with Crippen LogP contribution in [0.3, 0.4) is 0 Å². The van der Waals surface area contributed by atoms with E-state index in [9.17, 15) is 0 Å². The molecule has 1 aromatic carbocycles. The second-order valence-electron chi connectivity index (χ2n) is 3.68. The van der Waals surface area contributed by atoms with Crippen LogP contribution in [0.15, 0.2) is 36.8 Å². The first-order valence-corrected chi connectivity index (χ1v) is 5.94. The lowest BCUT2D eigenvalue weighted by atomic mass is 10.1. The summed E-state index contributed by atoms with van der Waals surface area (Å²) in [5.74, 6) is 0. The highest BCUT2D eigenvalue weighted by Crippen LogP contribution is 2.23. The van der Waals surface area contributed by atoms with Crippen molar-refractivity contribution >= 4 is 11.6 Å². The van der Waals surface area contributed by atoms with Gasteiger partial charge in [-0.05, 0) is 18.2 Å². The molecule has 0 fully saturated rings. The maximum absolute atomic E-state index is 6.23. The Kier molecular flexibility index (Phi) is 4.07. The average Bonchev–Trinajstić information content (AvgIpc) is 2.38. The standard InChI is InChI=1S/C13H14ClN3/c1-2-15-8-11-4-3-10(7-12(11)14)13-9-16-5-6-17-13/h3-7,9,15H,2,8H2,1H3. The number of hydrogen-bond donors (Lipinski definition) is 1. The van der Waals surface area contributed by atoms with Crippen LogP contribution in [0.5, 0.6) is 0 Å². The van der Waals surface area contributed by atoms with Crippen molar-refractivity contribution in [1.82, 2.24) is 15.3 Å². The van der Waals surface area contributed by atoms with Crippen LogP contribution in [0.1, 0.15) is 12.5 Å². The summed E-state index contributed by atoms with van der Waals surface area (Å²) in [6, 6.07) is 5.97. The lowest BCUT2D eigenvalue weighted by molar-refractivity contribution is 0.727. The summed E-state index contributed by atoms with van der Waals surface area (Å²) in [5.41, 5.74) is 2.92. The second-order valence-corrected chi connectivity index (χ2v) is 4.08. The van der Waals surface area contributed by atoms with Crippen LogP contribution in [0.2, 0.25) is 5.02 Å². The second kappa shape index (κ2) is 5.75. The fourth-order valence-electron chi connectivity index (χ4n) is 1.56. The quantitative estimate of drug-likeness (QED) is 0.903. The van der Waals surface area contributed by atoms with E-state index in [0.29, 0.717) is 0 Å². The normalized spacial score (nSPS) is 10.5. The van der Waals surface area contributed by atoms with Gasteiger partial charge in [-0.15, -0.1) is 0 Å². The highest BCUT2D eigenvalue weighted by molar-refractivity contribution is 6.31. The van der Waals surface area contributed by atoms with Crippen molar-refractivity contribution < 1.29 is 0 Å². The zero-order chi connectivity index (χ0) is 12.1. The van der Waals surface area contributed by atoms with Crippen LogP contribution in [-0.2, 0) is 6.54 Å². The topological polar surface area (TPSA) is 37.8 Å². The van der Waals surface area contributed by atoms with Crippen LogP contribution < -0.4 is 5.32 Å². The van der Waals surface area contributed by atoms with Gasteiger partial charge in [0.1, 0.15) is 0 Å². The molecule has 0 radical (unpaired) electrons. The van der Waals surface area contributed by atoms with Crippen LogP contribution in [0, 0.1) is 0 Å². The third-order valence-corrected chi connectivity index (χ3v) is 2.83. The van der Waals surface area contributed by atoms with Crippen molar-refractivity contribution in [3.05, 3.63) is 47.4 Å². The Labute approximate surface area is 106 Å². The van der Waals surface area contributed by atoms with Gasteiger partial charge in [-0.3, -0.25) is 9.97 Å². The molecule has 0 aliphatic heterocycles. The highest BCUT2D eigenvalue weighted by Gasteiger charge is 2.04. The van der Waals surface area contributed by atoms with Crippen molar-refractivity contribution in [3.63, 3.8) is 0 Å². The fraction of sp³-hybridized carbons (Fsp3) is 0.231. The van der Waals surface area contributed by atoms with Crippen LogP contribution in [0.25, 0.3) is 11.3 Å². The first-order chi connectivity index (χ1) is 8.31. The van der Waals surface area contributed by atoms with Crippen molar-refractivity contribution in [2.45, 2.75) is 13.5 Å². The molecule has 2 rings (SSSR count). The highest BCUT2D eigenvalue weighted by atomic mass is 35.5. The van der Waals surface area contributed by atoms with Gasteiger partial charge in [0.2, 0.25) is 0 Å². The van der Waals surface area contributed by atoms with Crippen LogP contribution >= 0.6 is 11.6 Å². The molecule has 0 spiro atoms. The van der Waals surface area contributed by atoms with E-state index in [2.05, 4.69) is 22.2 Å². The molecule has 88 valence electrons. The number of rotatable bonds is 4. The summed E-state index contributed by atoms with van der Waals surface area (Å²) in [6.45, 7) is 3.79. The average molecular weight is 248 g/mol. The van der Waals surface area contributed by atoms with Gasteiger partial charge in [0.25, 0.3) is 0 Å². The van der Waals surface area contributed by atoms with Crippen molar-refractivity contribution in [3.8, 4) is 11.3 Å². The molecule has 4 heteroatoms. The molecule has 0 bridgehead atoms. The van der Waals surface area contributed by atoms with Crippen molar-refractivity contribution in [2.24, 2.45) is 0 Å². The smallest absolute Gasteiger partial charge is 0.0885 e. The van der Waals surface area contributed by atoms with Gasteiger partial charge in [0, 0.05) is 29.5 Å². The minimum atomic E-state index is 0.758. The van der Waals surface area contributed by atoms with E-state index in [1.165, 1.54) is 0 Å². The maximum atomic E-state index is 6.23. The first kappa shape index (κ1) is 12.0. The predicted octanol–water partition coefficient (Wildman–Crippen LogP) is 2.91. The minimum Gasteiger partial charge on any atom is -0.313 e. The number of nitrogens with zero attached hydrogens (tertiary/aromatic N) is 2. The van der Waals surface area contributed by atoms with Gasteiger partial charge >= 0.3 is 0 Å². The zero-order valence-electron chi connectivity index (χ0n) is 9.65. The Morgan fingerprint density at radius 2 is 2.18 bits per heavy atom. The molecule has 0 saturated heterocycles. The lowest BCUT2D eigenvalue weighted by Crippen LogP contribution is -2.11. The number of nitrogens with one attached hydrogen (secondary N) is 1. The summed E-state index contributed by atoms with van der Waals surface area (Å²) in [7, 11) is 0. The number of halogens is 1. The predicted molar refractivity (Wildman–Crippen MR) is 69.9 cm³/mol. The maximum Gasteiger partial charge on any atom is 0.0885 e. The third kappa shape index (κ3) is 3.02. The largest absolute Gasteiger partial charge is 0.313 e. The van der Waals surface area contributed by atoms with E-state index < -0.39 is 0 Å². The van der Waals surface area contributed by atoms with E-state index in [1.54, 1.807) is 18.6 Å². The molecule has 1 N–H and O–H groups in total. The monoisotopic (exact) mass is 247 g/mol. The number of aromatic nitrogens is 2. The third-order valence-electron chi connectivity index (χ3n) is 2.48. The Morgan fingerprint density at radius 1 is 1.29 bits per heavy atom. The van der Waals surface area contributed by atoms with Crippen molar-refractivity contribution in [1.29, 1.82) is 0 Å². The van der Waals surface area contributed by atoms with E-state index >= 15 is 0 Å². The Morgan fingerprint density at radius 3 is 2.82 bits per heavy atom. The molecule has 1 aromatic heterocycles. The minimum absolute atomic E-state index is 0.758. The number of benzene rings is 1. The van der Waals surface area contributed by atoms with Crippen molar-refractivity contribution in [2.75, 3.05) is 6.54 Å². The molecule has 3 nitrogen and oxygen atoms in total. The summed E-state index contributed by atoms with van der Waals surface area (Å²) in [5, 5.41) is 4.01. The Bertz CT molecular complexity index is 485. The summed E-state index contributed by atoms with van der Waals surface area (Å²) < 4.78 is 0. The van der Waals surface area contributed by atoms with Gasteiger partial charge in [-0.1, -0.05) is 30.7 Å². The molecule has 1 heterocycles. The molecule has 0 amide bonds. The molecule has 2 aromatic rings. The van der Waals surface area contributed by atoms with E-state index in [0.717, 1.165) is 34.9 Å².